The molecule has 0 bridgehead atoms. The zero-order valence-electron chi connectivity index (χ0n) is 11.3. The van der Waals surface area contributed by atoms with Crippen molar-refractivity contribution < 1.29 is 39.5 Å². The second-order valence-corrected chi connectivity index (χ2v) is 7.68. The Labute approximate surface area is 129 Å². The minimum absolute atomic E-state index is 0.0448. The maximum absolute atomic E-state index is 13.3. The largest absolute Gasteiger partial charge is 0.460 e. The number of alkyl halides is 10. The van der Waals surface area contributed by atoms with Gasteiger partial charge in [0.2, 0.25) is 0 Å². The molecule has 1 unspecified atom stereocenters. The van der Waals surface area contributed by atoms with Crippen molar-refractivity contribution in [2.45, 2.75) is 61.5 Å². The molecule has 0 heterocycles. The van der Waals surface area contributed by atoms with Gasteiger partial charge in [0.15, 0.2) is 0 Å². The van der Waals surface area contributed by atoms with Gasteiger partial charge in [-0.15, -0.1) is 0 Å². The van der Waals surface area contributed by atoms with Gasteiger partial charge in [0.1, 0.15) is 0 Å². The third-order valence-corrected chi connectivity index (χ3v) is 3.40. The van der Waals surface area contributed by atoms with Crippen molar-refractivity contribution in [1.82, 2.24) is 0 Å². The number of hydrogen-bond donors (Lipinski definition) is 0. The quantitative estimate of drug-likeness (QED) is 0.274. The summed E-state index contributed by atoms with van der Waals surface area (Å²) in [6.07, 6.45) is -8.58. The first kappa shape index (κ1) is 21.1. The molecule has 0 saturated heterocycles. The van der Waals surface area contributed by atoms with E-state index in [1.165, 1.54) is 22.6 Å². The van der Waals surface area contributed by atoms with Crippen LogP contribution in [0.5, 0.6) is 0 Å². The van der Waals surface area contributed by atoms with Gasteiger partial charge in [-0.25, -0.2) is 0 Å². The summed E-state index contributed by atoms with van der Waals surface area (Å²) in [5.74, 6) is -18.8. The Balaban J connectivity index is 5.31. The summed E-state index contributed by atoms with van der Waals surface area (Å²) in [6, 6.07) is 0. The molecular formula is C11H14F9I. The van der Waals surface area contributed by atoms with Crippen LogP contribution >= 0.6 is 22.6 Å². The van der Waals surface area contributed by atoms with Crippen LogP contribution in [0.15, 0.2) is 0 Å². The molecule has 0 radical (unpaired) electrons. The Bertz CT molecular complexity index is 354. The summed E-state index contributed by atoms with van der Waals surface area (Å²) in [7, 11) is 0. The topological polar surface area (TPSA) is 0 Å². The van der Waals surface area contributed by atoms with Crippen molar-refractivity contribution >= 4 is 22.6 Å². The average Bonchev–Trinajstić information content (AvgIpc) is 2.10. The van der Waals surface area contributed by atoms with Gasteiger partial charge in [-0.05, 0) is 11.8 Å². The molecule has 0 aliphatic heterocycles. The Kier molecular flexibility index (Phi) is 5.98. The lowest BCUT2D eigenvalue weighted by atomic mass is 9.88. The van der Waals surface area contributed by atoms with Crippen LogP contribution in [0.25, 0.3) is 0 Å². The van der Waals surface area contributed by atoms with Crippen LogP contribution in [-0.2, 0) is 0 Å². The van der Waals surface area contributed by atoms with E-state index in [4.69, 9.17) is 0 Å². The Morgan fingerprint density at radius 1 is 0.714 bits per heavy atom. The summed E-state index contributed by atoms with van der Waals surface area (Å²) in [6.45, 7) is 4.79. The minimum Gasteiger partial charge on any atom is -0.200 e. The van der Waals surface area contributed by atoms with Crippen LogP contribution in [0.2, 0.25) is 0 Å². The zero-order chi connectivity index (χ0) is 17.5. The smallest absolute Gasteiger partial charge is 0.200 e. The average molecular weight is 444 g/mol. The van der Waals surface area contributed by atoms with E-state index in [2.05, 4.69) is 0 Å². The Hall–Kier alpha value is 0.1000. The van der Waals surface area contributed by atoms with Crippen LogP contribution < -0.4 is 0 Å². The molecule has 0 aromatic carbocycles. The monoisotopic (exact) mass is 444 g/mol. The molecule has 10 heteroatoms. The standard InChI is InChI=1S/C11H14F9I/c1-7(2,3)4-6(21)5-8(12,13)9(14,15)10(16,17)11(18,19)20/h6H,4-5H2,1-3H3. The second kappa shape index (κ2) is 5.95. The Morgan fingerprint density at radius 2 is 1.10 bits per heavy atom. The van der Waals surface area contributed by atoms with Crippen LogP contribution in [-0.4, -0.2) is 27.9 Å². The van der Waals surface area contributed by atoms with Gasteiger partial charge in [0, 0.05) is 10.3 Å². The summed E-state index contributed by atoms with van der Waals surface area (Å²) in [5.41, 5.74) is -0.566. The molecule has 0 aliphatic carbocycles. The minimum atomic E-state index is -6.80. The van der Waals surface area contributed by atoms with Crippen LogP contribution in [0.1, 0.15) is 33.6 Å². The van der Waals surface area contributed by atoms with Crippen molar-refractivity contribution in [2.75, 3.05) is 0 Å². The van der Waals surface area contributed by atoms with E-state index in [0.717, 1.165) is 0 Å². The van der Waals surface area contributed by atoms with Gasteiger partial charge in [-0.2, -0.15) is 39.5 Å². The molecule has 0 amide bonds. The van der Waals surface area contributed by atoms with Gasteiger partial charge in [0.25, 0.3) is 0 Å². The van der Waals surface area contributed by atoms with E-state index in [0.29, 0.717) is 0 Å². The molecule has 21 heavy (non-hydrogen) atoms. The lowest BCUT2D eigenvalue weighted by molar-refractivity contribution is -0.396. The number of halogens is 10. The van der Waals surface area contributed by atoms with Crippen molar-refractivity contribution in [1.29, 1.82) is 0 Å². The second-order valence-electron chi connectivity index (χ2n) is 5.92. The highest BCUT2D eigenvalue weighted by Gasteiger charge is 2.81. The van der Waals surface area contributed by atoms with E-state index >= 15 is 0 Å². The van der Waals surface area contributed by atoms with Gasteiger partial charge in [-0.1, -0.05) is 43.4 Å². The Morgan fingerprint density at radius 3 is 1.38 bits per heavy atom. The predicted molar refractivity (Wildman–Crippen MR) is 67.4 cm³/mol. The van der Waals surface area contributed by atoms with E-state index in [-0.39, 0.29) is 6.42 Å². The zero-order valence-corrected chi connectivity index (χ0v) is 13.4. The fourth-order valence-corrected chi connectivity index (χ4v) is 3.42. The van der Waals surface area contributed by atoms with Gasteiger partial charge < -0.3 is 0 Å². The SMILES string of the molecule is CC(C)(C)CC(I)CC(F)(F)C(F)(F)C(F)(F)C(F)(F)F. The van der Waals surface area contributed by atoms with Crippen molar-refractivity contribution in [3.05, 3.63) is 0 Å². The first-order chi connectivity index (χ1) is 8.85. The first-order valence-electron chi connectivity index (χ1n) is 5.69. The highest BCUT2D eigenvalue weighted by molar-refractivity contribution is 14.1. The molecule has 0 spiro atoms. The molecule has 128 valence electrons. The molecule has 0 fully saturated rings. The van der Waals surface area contributed by atoms with E-state index < -0.39 is 39.7 Å². The van der Waals surface area contributed by atoms with Crippen LogP contribution in [0, 0.1) is 5.41 Å². The van der Waals surface area contributed by atoms with Crippen molar-refractivity contribution in [2.24, 2.45) is 5.41 Å². The molecule has 0 aromatic rings. The molecule has 0 rings (SSSR count). The van der Waals surface area contributed by atoms with Crippen LogP contribution in [0.3, 0.4) is 0 Å². The van der Waals surface area contributed by atoms with Crippen molar-refractivity contribution in [3.8, 4) is 0 Å². The molecule has 0 N–H and O–H groups in total. The molecule has 0 aliphatic rings. The summed E-state index contributed by atoms with van der Waals surface area (Å²) >= 11 is 1.34. The fourth-order valence-electron chi connectivity index (χ4n) is 1.55. The van der Waals surface area contributed by atoms with Crippen LogP contribution in [0.4, 0.5) is 39.5 Å². The third-order valence-electron chi connectivity index (χ3n) is 2.52. The summed E-state index contributed by atoms with van der Waals surface area (Å²) < 4.78 is 113. The van der Waals surface area contributed by atoms with E-state index in [9.17, 15) is 39.5 Å². The molecule has 0 nitrogen and oxygen atoms in total. The maximum Gasteiger partial charge on any atom is 0.460 e. The lowest BCUT2D eigenvalue weighted by Gasteiger charge is -2.35. The van der Waals surface area contributed by atoms with E-state index in [1.54, 1.807) is 20.8 Å². The van der Waals surface area contributed by atoms with Crippen molar-refractivity contribution in [3.63, 3.8) is 0 Å². The first-order valence-corrected chi connectivity index (χ1v) is 6.94. The molecular weight excluding hydrogens is 430 g/mol. The molecule has 0 aromatic heterocycles. The number of hydrogen-bond acceptors (Lipinski definition) is 0. The number of rotatable bonds is 5. The lowest BCUT2D eigenvalue weighted by Crippen LogP contribution is -2.61. The van der Waals surface area contributed by atoms with Gasteiger partial charge in [0.05, 0.1) is 0 Å². The highest BCUT2D eigenvalue weighted by atomic mass is 127. The molecule has 0 saturated carbocycles. The fraction of sp³-hybridized carbons (Fsp3) is 1.00. The third kappa shape index (κ3) is 4.78. The predicted octanol–water partition coefficient (Wildman–Crippen LogP) is 6.08. The van der Waals surface area contributed by atoms with Gasteiger partial charge >= 0.3 is 23.9 Å². The van der Waals surface area contributed by atoms with Gasteiger partial charge in [-0.3, -0.25) is 0 Å². The maximum atomic E-state index is 13.3. The highest BCUT2D eigenvalue weighted by Crippen LogP contribution is 2.54. The van der Waals surface area contributed by atoms with E-state index in [1.807, 2.05) is 0 Å². The molecule has 1 atom stereocenters. The summed E-state index contributed by atoms with van der Waals surface area (Å²) in [4.78, 5) is 0. The normalized spacial score (nSPS) is 17.0. The summed E-state index contributed by atoms with van der Waals surface area (Å²) in [5, 5.41) is 0.